The van der Waals surface area contributed by atoms with Gasteiger partial charge >= 0.3 is 0 Å². The van der Waals surface area contributed by atoms with Gasteiger partial charge in [0.15, 0.2) is 0 Å². The maximum Gasteiger partial charge on any atom is 0.0715 e. The molecule has 2 rings (SSSR count). The van der Waals surface area contributed by atoms with E-state index >= 15 is 0 Å². The number of rotatable bonds is 0. The molecule has 0 saturated carbocycles. The quantitative estimate of drug-likeness (QED) is 0.666. The van der Waals surface area contributed by atoms with Crippen LogP contribution in [0.2, 0.25) is 0 Å². The number of aryl methyl sites for hydroxylation is 1. The third kappa shape index (κ3) is 1.23. The van der Waals surface area contributed by atoms with Crippen molar-refractivity contribution in [3.63, 3.8) is 0 Å². The molecule has 0 aliphatic heterocycles. The first-order chi connectivity index (χ1) is 5.77. The van der Waals surface area contributed by atoms with E-state index in [2.05, 4.69) is 46.0 Å². The second-order valence-corrected chi connectivity index (χ2v) is 3.67. The van der Waals surface area contributed by atoms with E-state index in [1.807, 2.05) is 12.3 Å². The minimum atomic E-state index is 1.05. The third-order valence-electron chi connectivity index (χ3n) is 1.81. The minimum Gasteiger partial charge on any atom is -0.256 e. The standard InChI is InChI=1S/C10H8BrN/c1-7-5-9(11)8-3-2-4-12-10(8)6-7/h2-6H,1H3. The molecule has 0 radical (unpaired) electrons. The summed E-state index contributed by atoms with van der Waals surface area (Å²) in [6, 6.07) is 8.19. The lowest BCUT2D eigenvalue weighted by Gasteiger charge is -2.00. The lowest BCUT2D eigenvalue weighted by Crippen LogP contribution is -1.80. The van der Waals surface area contributed by atoms with Gasteiger partial charge in [0.25, 0.3) is 0 Å². The van der Waals surface area contributed by atoms with Gasteiger partial charge in [0.05, 0.1) is 5.52 Å². The van der Waals surface area contributed by atoms with Crippen molar-refractivity contribution in [3.05, 3.63) is 40.5 Å². The van der Waals surface area contributed by atoms with Crippen LogP contribution in [0.15, 0.2) is 34.9 Å². The molecule has 2 aromatic rings. The molecule has 1 nitrogen and oxygen atoms in total. The monoisotopic (exact) mass is 221 g/mol. The molecule has 0 amide bonds. The zero-order chi connectivity index (χ0) is 8.55. The highest BCUT2D eigenvalue weighted by Crippen LogP contribution is 2.23. The van der Waals surface area contributed by atoms with Gasteiger partial charge in [-0.15, -0.1) is 0 Å². The molecule has 0 bridgehead atoms. The molecule has 0 unspecified atom stereocenters. The minimum absolute atomic E-state index is 1.05. The van der Waals surface area contributed by atoms with E-state index in [1.165, 1.54) is 10.9 Å². The largest absolute Gasteiger partial charge is 0.256 e. The summed E-state index contributed by atoms with van der Waals surface area (Å²) in [5, 5.41) is 1.17. The first-order valence-corrected chi connectivity index (χ1v) is 4.57. The highest BCUT2D eigenvalue weighted by molar-refractivity contribution is 9.10. The Morgan fingerprint density at radius 3 is 3.00 bits per heavy atom. The SMILES string of the molecule is Cc1cc(Br)c2cccnc2c1. The normalized spacial score (nSPS) is 10.5. The number of fused-ring (bicyclic) bond motifs is 1. The smallest absolute Gasteiger partial charge is 0.0715 e. The molecule has 1 aromatic carbocycles. The molecule has 0 N–H and O–H groups in total. The summed E-state index contributed by atoms with van der Waals surface area (Å²) in [7, 11) is 0. The van der Waals surface area contributed by atoms with Crippen molar-refractivity contribution in [1.29, 1.82) is 0 Å². The van der Waals surface area contributed by atoms with Crippen LogP contribution in [0.3, 0.4) is 0 Å². The number of nitrogens with zero attached hydrogens (tertiary/aromatic N) is 1. The van der Waals surface area contributed by atoms with Crippen molar-refractivity contribution in [3.8, 4) is 0 Å². The van der Waals surface area contributed by atoms with Crippen molar-refractivity contribution >= 4 is 26.8 Å². The van der Waals surface area contributed by atoms with E-state index in [0.717, 1.165) is 9.99 Å². The predicted molar refractivity (Wildman–Crippen MR) is 54.2 cm³/mol. The van der Waals surface area contributed by atoms with Gasteiger partial charge in [-0.3, -0.25) is 4.98 Å². The van der Waals surface area contributed by atoms with Crippen LogP contribution in [0.25, 0.3) is 10.9 Å². The first kappa shape index (κ1) is 7.74. The number of aromatic nitrogens is 1. The Bertz CT molecular complexity index is 423. The van der Waals surface area contributed by atoms with E-state index in [4.69, 9.17) is 0 Å². The first-order valence-electron chi connectivity index (χ1n) is 3.78. The molecule has 60 valence electrons. The Hall–Kier alpha value is -0.890. The Labute approximate surface area is 79.6 Å². The van der Waals surface area contributed by atoms with Gasteiger partial charge in [-0.2, -0.15) is 0 Å². The second kappa shape index (κ2) is 2.87. The Balaban J connectivity index is 2.89. The summed E-state index contributed by atoms with van der Waals surface area (Å²) < 4.78 is 1.12. The van der Waals surface area contributed by atoms with Gasteiger partial charge < -0.3 is 0 Å². The zero-order valence-corrected chi connectivity index (χ0v) is 8.30. The average Bonchev–Trinajstić information content (AvgIpc) is 2.04. The van der Waals surface area contributed by atoms with Gasteiger partial charge in [-0.25, -0.2) is 0 Å². The molecule has 1 heterocycles. The van der Waals surface area contributed by atoms with Crippen LogP contribution in [0.5, 0.6) is 0 Å². The zero-order valence-electron chi connectivity index (χ0n) is 6.71. The fourth-order valence-corrected chi connectivity index (χ4v) is 1.97. The molecule has 0 spiro atoms. The van der Waals surface area contributed by atoms with Crippen LogP contribution in [0.1, 0.15) is 5.56 Å². The number of benzene rings is 1. The molecule has 0 aliphatic rings. The third-order valence-corrected chi connectivity index (χ3v) is 2.47. The Morgan fingerprint density at radius 1 is 1.33 bits per heavy atom. The van der Waals surface area contributed by atoms with E-state index < -0.39 is 0 Å². The highest BCUT2D eigenvalue weighted by Gasteiger charge is 1.98. The van der Waals surface area contributed by atoms with Crippen LogP contribution in [-0.4, -0.2) is 4.98 Å². The number of halogens is 1. The lowest BCUT2D eigenvalue weighted by atomic mass is 10.1. The summed E-state index contributed by atoms with van der Waals surface area (Å²) in [6.07, 6.45) is 1.81. The van der Waals surface area contributed by atoms with E-state index in [-0.39, 0.29) is 0 Å². The number of hydrogen-bond donors (Lipinski definition) is 0. The Morgan fingerprint density at radius 2 is 2.17 bits per heavy atom. The molecule has 2 heteroatoms. The molecule has 1 aromatic heterocycles. The summed E-state index contributed by atoms with van der Waals surface area (Å²) in [5.74, 6) is 0. The van der Waals surface area contributed by atoms with E-state index in [1.54, 1.807) is 0 Å². The summed E-state index contributed by atoms with van der Waals surface area (Å²) in [6.45, 7) is 2.07. The number of pyridine rings is 1. The highest BCUT2D eigenvalue weighted by atomic mass is 79.9. The molecule has 0 atom stereocenters. The van der Waals surface area contributed by atoms with Crippen molar-refractivity contribution in [2.75, 3.05) is 0 Å². The average molecular weight is 222 g/mol. The van der Waals surface area contributed by atoms with Crippen LogP contribution < -0.4 is 0 Å². The molecule has 12 heavy (non-hydrogen) atoms. The maximum atomic E-state index is 4.27. The van der Waals surface area contributed by atoms with Crippen LogP contribution >= 0.6 is 15.9 Å². The Kier molecular flexibility index (Phi) is 1.85. The number of hydrogen-bond acceptors (Lipinski definition) is 1. The van der Waals surface area contributed by atoms with E-state index in [0.29, 0.717) is 0 Å². The van der Waals surface area contributed by atoms with Gasteiger partial charge in [0, 0.05) is 16.1 Å². The molecular formula is C10H8BrN. The molecular weight excluding hydrogens is 214 g/mol. The topological polar surface area (TPSA) is 12.9 Å². The summed E-state index contributed by atoms with van der Waals surface area (Å²) >= 11 is 3.51. The molecule has 0 aliphatic carbocycles. The second-order valence-electron chi connectivity index (χ2n) is 2.82. The van der Waals surface area contributed by atoms with Crippen molar-refractivity contribution in [2.45, 2.75) is 6.92 Å². The fourth-order valence-electron chi connectivity index (χ4n) is 1.27. The fraction of sp³-hybridized carbons (Fsp3) is 0.100. The van der Waals surface area contributed by atoms with Crippen LogP contribution in [0, 0.1) is 6.92 Å². The van der Waals surface area contributed by atoms with Gasteiger partial charge in [0.1, 0.15) is 0 Å². The predicted octanol–water partition coefficient (Wildman–Crippen LogP) is 3.31. The lowest BCUT2D eigenvalue weighted by molar-refractivity contribution is 1.38. The molecule has 0 saturated heterocycles. The van der Waals surface area contributed by atoms with E-state index in [9.17, 15) is 0 Å². The van der Waals surface area contributed by atoms with Crippen LogP contribution in [-0.2, 0) is 0 Å². The van der Waals surface area contributed by atoms with Crippen molar-refractivity contribution in [1.82, 2.24) is 4.98 Å². The van der Waals surface area contributed by atoms with Crippen molar-refractivity contribution in [2.24, 2.45) is 0 Å². The van der Waals surface area contributed by atoms with Crippen molar-refractivity contribution < 1.29 is 0 Å². The van der Waals surface area contributed by atoms with Gasteiger partial charge in [-0.05, 0) is 30.7 Å². The summed E-state index contributed by atoms with van der Waals surface area (Å²) in [5.41, 5.74) is 2.28. The summed E-state index contributed by atoms with van der Waals surface area (Å²) in [4.78, 5) is 4.27. The van der Waals surface area contributed by atoms with Gasteiger partial charge in [-0.1, -0.05) is 22.0 Å². The maximum absolute atomic E-state index is 4.27. The van der Waals surface area contributed by atoms with Gasteiger partial charge in [0.2, 0.25) is 0 Å². The molecule has 0 fully saturated rings. The van der Waals surface area contributed by atoms with Crippen LogP contribution in [0.4, 0.5) is 0 Å².